The van der Waals surface area contributed by atoms with E-state index in [0.717, 1.165) is 24.9 Å². The first-order valence-corrected chi connectivity index (χ1v) is 8.43. The summed E-state index contributed by atoms with van der Waals surface area (Å²) < 4.78 is 0. The van der Waals surface area contributed by atoms with Crippen LogP contribution in [0.25, 0.3) is 0 Å². The number of hydrogen-bond donors (Lipinski definition) is 2. The molecule has 0 aliphatic heterocycles. The van der Waals surface area contributed by atoms with Crippen LogP contribution in [0.2, 0.25) is 0 Å². The Labute approximate surface area is 167 Å². The van der Waals surface area contributed by atoms with E-state index in [2.05, 4.69) is 24.5 Å². The molecular weight excluding hydrogens is 324 g/mol. The maximum atomic E-state index is 10.8. The molecule has 0 saturated carbocycles. The van der Waals surface area contributed by atoms with Crippen molar-refractivity contribution in [2.24, 2.45) is 23.7 Å². The average Bonchev–Trinajstić information content (AvgIpc) is 2.38. The van der Waals surface area contributed by atoms with E-state index in [1.165, 1.54) is 0 Å². The van der Waals surface area contributed by atoms with Crippen LogP contribution < -0.4 is 10.6 Å². The Morgan fingerprint density at radius 2 is 0.846 bits per heavy atom. The fraction of sp³-hybridized carbons (Fsp3) is 0.909. The maximum absolute atomic E-state index is 10.8. The standard InChI is InChI=1S/C10H18O2.C8H20N2.4CH4/c1-7(5-9(3)11)8(2)6-10(4)12;1-7(5-9-3)8(2)6-10-4;;;;/h7-8H,5-6H2,1-4H3;7-10H,5-6H2,1-4H3;4*1H4. The lowest BCUT2D eigenvalue weighted by molar-refractivity contribution is -0.120. The molecule has 2 N–H and O–H groups in total. The van der Waals surface area contributed by atoms with Crippen LogP contribution in [0.4, 0.5) is 0 Å². The third-order valence-electron chi connectivity index (χ3n) is 4.21. The number of carbonyl (C=O) groups excluding carboxylic acids is 2. The highest BCUT2D eigenvalue weighted by atomic mass is 16.1. The largest absolute Gasteiger partial charge is 0.319 e. The molecule has 0 heterocycles. The van der Waals surface area contributed by atoms with E-state index in [4.69, 9.17) is 0 Å². The van der Waals surface area contributed by atoms with Gasteiger partial charge in [0.2, 0.25) is 0 Å². The van der Waals surface area contributed by atoms with E-state index in [0.29, 0.717) is 24.7 Å². The van der Waals surface area contributed by atoms with Crippen molar-refractivity contribution >= 4 is 11.6 Å². The highest BCUT2D eigenvalue weighted by Gasteiger charge is 2.15. The second-order valence-electron chi connectivity index (χ2n) is 6.84. The van der Waals surface area contributed by atoms with Gasteiger partial charge in [-0.05, 0) is 64.7 Å². The predicted molar refractivity (Wildman–Crippen MR) is 122 cm³/mol. The van der Waals surface area contributed by atoms with Crippen molar-refractivity contribution in [2.45, 2.75) is 84.1 Å². The topological polar surface area (TPSA) is 58.2 Å². The summed E-state index contributed by atoms with van der Waals surface area (Å²) in [7, 11) is 4.01. The van der Waals surface area contributed by atoms with Gasteiger partial charge in [-0.15, -0.1) is 0 Å². The van der Waals surface area contributed by atoms with Gasteiger partial charge in [-0.3, -0.25) is 0 Å². The number of ketones is 2. The zero-order chi connectivity index (χ0) is 17.7. The molecule has 0 aromatic rings. The van der Waals surface area contributed by atoms with Crippen LogP contribution in [-0.2, 0) is 9.59 Å². The first-order chi connectivity index (χ1) is 10.1. The maximum Gasteiger partial charge on any atom is 0.130 e. The Bertz CT molecular complexity index is 277. The molecule has 0 bridgehead atoms. The molecule has 4 unspecified atom stereocenters. The lowest BCUT2D eigenvalue weighted by Crippen LogP contribution is -2.28. The van der Waals surface area contributed by atoms with Crippen molar-refractivity contribution in [3.63, 3.8) is 0 Å². The molecule has 0 amide bonds. The third kappa shape index (κ3) is 25.5. The van der Waals surface area contributed by atoms with Crippen molar-refractivity contribution in [3.05, 3.63) is 0 Å². The number of rotatable bonds is 10. The highest BCUT2D eigenvalue weighted by molar-refractivity contribution is 5.77. The van der Waals surface area contributed by atoms with Gasteiger partial charge in [-0.25, -0.2) is 0 Å². The predicted octanol–water partition coefficient (Wildman–Crippen LogP) is 5.46. The van der Waals surface area contributed by atoms with Crippen molar-refractivity contribution < 1.29 is 9.59 Å². The lowest BCUT2D eigenvalue weighted by atomic mass is 9.88. The van der Waals surface area contributed by atoms with Crippen molar-refractivity contribution in [2.75, 3.05) is 27.2 Å². The van der Waals surface area contributed by atoms with E-state index < -0.39 is 0 Å². The first-order valence-electron chi connectivity index (χ1n) is 8.43. The summed E-state index contributed by atoms with van der Waals surface area (Å²) >= 11 is 0. The Morgan fingerprint density at radius 1 is 0.615 bits per heavy atom. The quantitative estimate of drug-likeness (QED) is 0.530. The third-order valence-corrected chi connectivity index (χ3v) is 4.21. The van der Waals surface area contributed by atoms with E-state index in [-0.39, 0.29) is 41.3 Å². The molecule has 0 fully saturated rings. The summed E-state index contributed by atoms with van der Waals surface area (Å²) in [5, 5.41) is 6.36. The molecule has 0 aromatic heterocycles. The number of nitrogens with one attached hydrogen (secondary N) is 2. The van der Waals surface area contributed by atoms with Crippen molar-refractivity contribution in [1.82, 2.24) is 10.6 Å². The van der Waals surface area contributed by atoms with E-state index in [1.54, 1.807) is 13.8 Å². The second kappa shape index (κ2) is 24.3. The minimum Gasteiger partial charge on any atom is -0.319 e. The summed E-state index contributed by atoms with van der Waals surface area (Å²) in [5.74, 6) is 2.59. The smallest absolute Gasteiger partial charge is 0.130 e. The van der Waals surface area contributed by atoms with Crippen molar-refractivity contribution in [1.29, 1.82) is 0 Å². The van der Waals surface area contributed by atoms with Gasteiger partial charge in [0.05, 0.1) is 0 Å². The molecule has 164 valence electrons. The second-order valence-corrected chi connectivity index (χ2v) is 6.84. The summed E-state index contributed by atoms with van der Waals surface area (Å²) in [6.07, 6.45) is 1.18. The molecule has 4 nitrogen and oxygen atoms in total. The summed E-state index contributed by atoms with van der Waals surface area (Å²) in [4.78, 5) is 21.5. The molecule has 0 aliphatic carbocycles. The number of Topliss-reactive ketones (excluding diaryl/α,β-unsaturated/α-hetero) is 2. The van der Waals surface area contributed by atoms with Crippen LogP contribution in [-0.4, -0.2) is 38.8 Å². The van der Waals surface area contributed by atoms with Gasteiger partial charge in [-0.1, -0.05) is 57.4 Å². The number of hydrogen-bond acceptors (Lipinski definition) is 4. The minimum absolute atomic E-state index is 0. The Kier molecular flexibility index (Phi) is 37.4. The molecule has 0 aromatic carbocycles. The van der Waals surface area contributed by atoms with Gasteiger partial charge in [0.25, 0.3) is 0 Å². The van der Waals surface area contributed by atoms with E-state index >= 15 is 0 Å². The van der Waals surface area contributed by atoms with Gasteiger partial charge in [-0.2, -0.15) is 0 Å². The molecule has 0 saturated heterocycles. The monoisotopic (exact) mass is 378 g/mol. The summed E-state index contributed by atoms with van der Waals surface area (Å²) in [6, 6.07) is 0. The molecule has 0 radical (unpaired) electrons. The van der Waals surface area contributed by atoms with E-state index in [9.17, 15) is 9.59 Å². The van der Waals surface area contributed by atoms with Gasteiger partial charge < -0.3 is 20.2 Å². The average molecular weight is 379 g/mol. The van der Waals surface area contributed by atoms with Gasteiger partial charge in [0, 0.05) is 12.8 Å². The minimum atomic E-state index is 0. The van der Waals surface area contributed by atoms with Crippen molar-refractivity contribution in [3.8, 4) is 0 Å². The van der Waals surface area contributed by atoms with E-state index in [1.807, 2.05) is 27.9 Å². The summed E-state index contributed by atoms with van der Waals surface area (Å²) in [5.41, 5.74) is 0. The fourth-order valence-corrected chi connectivity index (χ4v) is 2.36. The zero-order valence-electron chi connectivity index (χ0n) is 16.0. The van der Waals surface area contributed by atoms with Crippen LogP contribution in [0.5, 0.6) is 0 Å². The van der Waals surface area contributed by atoms with Crippen LogP contribution >= 0.6 is 0 Å². The van der Waals surface area contributed by atoms with Gasteiger partial charge in [0.1, 0.15) is 11.6 Å². The Hall–Kier alpha value is -0.740. The van der Waals surface area contributed by atoms with Crippen LogP contribution in [0, 0.1) is 23.7 Å². The molecule has 4 atom stereocenters. The molecule has 0 aliphatic rings. The fourth-order valence-electron chi connectivity index (χ4n) is 2.36. The molecule has 0 rings (SSSR count). The molecule has 0 spiro atoms. The van der Waals surface area contributed by atoms with Crippen LogP contribution in [0.1, 0.15) is 84.1 Å². The number of carbonyl (C=O) groups is 2. The first kappa shape index (κ1) is 40.1. The molecule has 4 heteroatoms. The molecule has 26 heavy (non-hydrogen) atoms. The Balaban J connectivity index is -0.0000000674. The Morgan fingerprint density at radius 3 is 1.00 bits per heavy atom. The lowest BCUT2D eigenvalue weighted by Gasteiger charge is -2.18. The summed E-state index contributed by atoms with van der Waals surface area (Å²) in [6.45, 7) is 14.0. The molecular formula is C22H54N2O2. The van der Waals surface area contributed by atoms with Crippen LogP contribution in [0.3, 0.4) is 0 Å². The SMILES string of the molecule is C.C.C.C.CC(=O)CC(C)C(C)CC(C)=O.CNCC(C)C(C)CNC. The highest BCUT2D eigenvalue weighted by Crippen LogP contribution is 2.18. The zero-order valence-corrected chi connectivity index (χ0v) is 16.0. The van der Waals surface area contributed by atoms with Crippen LogP contribution in [0.15, 0.2) is 0 Å². The van der Waals surface area contributed by atoms with Gasteiger partial charge in [0.15, 0.2) is 0 Å². The normalized spacial score (nSPS) is 13.5. The van der Waals surface area contributed by atoms with Gasteiger partial charge >= 0.3 is 0 Å².